The van der Waals surface area contributed by atoms with Crippen LogP contribution in [0.4, 0.5) is 5.69 Å². The second kappa shape index (κ2) is 11.3. The summed E-state index contributed by atoms with van der Waals surface area (Å²) in [6.45, 7) is 8.35. The maximum Gasteiger partial charge on any atom is 0.336 e. The van der Waals surface area contributed by atoms with Crippen LogP contribution in [0.15, 0.2) is 77.1 Å². The minimum atomic E-state index is -0.438. The number of para-hydroxylation sites is 1. The standard InChI is InChI=1S/C29H34N2O4/c1-4-31(5-2)22-16-14-21(15-17-22)27-26(20(3)30-24-12-9-13-25(32)28(24)27)29(33)35-19-18-34-23-10-7-6-8-11-23/h6-8,10-11,14-17,27,30H,4-5,9,12-13,18-19H2,1-3H3/t27-/m0/s1. The molecular formula is C29H34N2O4. The predicted octanol–water partition coefficient (Wildman–Crippen LogP) is 5.12. The summed E-state index contributed by atoms with van der Waals surface area (Å²) in [6, 6.07) is 17.7. The quantitative estimate of drug-likeness (QED) is 0.402. The van der Waals surface area contributed by atoms with E-state index < -0.39 is 11.9 Å². The lowest BCUT2D eigenvalue weighted by atomic mass is 9.75. The number of benzene rings is 2. The van der Waals surface area contributed by atoms with Gasteiger partial charge in [0.1, 0.15) is 19.0 Å². The Balaban J connectivity index is 1.58. The van der Waals surface area contributed by atoms with Crippen LogP contribution in [0.25, 0.3) is 0 Å². The number of dihydropyridines is 1. The molecule has 0 fully saturated rings. The van der Waals surface area contributed by atoms with E-state index in [0.29, 0.717) is 17.6 Å². The van der Waals surface area contributed by atoms with Crippen molar-refractivity contribution in [3.8, 4) is 5.75 Å². The van der Waals surface area contributed by atoms with E-state index in [9.17, 15) is 9.59 Å². The molecule has 6 heteroatoms. The lowest BCUT2D eigenvalue weighted by Gasteiger charge is -2.34. The molecule has 1 atom stereocenters. The zero-order valence-corrected chi connectivity index (χ0v) is 20.8. The fourth-order valence-electron chi connectivity index (χ4n) is 4.94. The number of nitrogens with zero attached hydrogens (tertiary/aromatic N) is 1. The summed E-state index contributed by atoms with van der Waals surface area (Å²) in [6.07, 6.45) is 2.13. The fourth-order valence-corrected chi connectivity index (χ4v) is 4.94. The van der Waals surface area contributed by atoms with Crippen molar-refractivity contribution in [2.75, 3.05) is 31.2 Å². The van der Waals surface area contributed by atoms with Crippen LogP contribution in [-0.2, 0) is 14.3 Å². The van der Waals surface area contributed by atoms with E-state index in [1.54, 1.807) is 0 Å². The van der Waals surface area contributed by atoms with Crippen molar-refractivity contribution in [1.82, 2.24) is 5.32 Å². The number of ether oxygens (including phenoxy) is 2. The first kappa shape index (κ1) is 24.6. The molecule has 0 unspecified atom stereocenters. The summed E-state index contributed by atoms with van der Waals surface area (Å²) in [4.78, 5) is 28.7. The van der Waals surface area contributed by atoms with E-state index >= 15 is 0 Å². The van der Waals surface area contributed by atoms with Crippen LogP contribution in [0.5, 0.6) is 5.75 Å². The van der Waals surface area contributed by atoms with Gasteiger partial charge < -0.3 is 19.7 Å². The number of allylic oxidation sites excluding steroid dienone is 3. The van der Waals surface area contributed by atoms with Crippen LogP contribution in [0, 0.1) is 0 Å². The summed E-state index contributed by atoms with van der Waals surface area (Å²) in [5.41, 5.74) is 4.92. The van der Waals surface area contributed by atoms with Gasteiger partial charge in [-0.2, -0.15) is 0 Å². The number of Topliss-reactive ketones (excluding diaryl/α,β-unsaturated/α-hetero) is 1. The first-order valence-corrected chi connectivity index (χ1v) is 12.5. The van der Waals surface area contributed by atoms with Crippen LogP contribution in [-0.4, -0.2) is 38.1 Å². The number of esters is 1. The van der Waals surface area contributed by atoms with Crippen molar-refractivity contribution in [3.05, 3.63) is 82.7 Å². The van der Waals surface area contributed by atoms with Gasteiger partial charge in [-0.15, -0.1) is 0 Å². The molecule has 0 radical (unpaired) electrons. The molecule has 6 nitrogen and oxygen atoms in total. The molecule has 0 amide bonds. The Morgan fingerprint density at radius 3 is 2.40 bits per heavy atom. The molecule has 0 bridgehead atoms. The van der Waals surface area contributed by atoms with E-state index in [1.165, 1.54) is 0 Å². The Kier molecular flexibility index (Phi) is 7.91. The maximum absolute atomic E-state index is 13.3. The van der Waals surface area contributed by atoms with E-state index in [-0.39, 0.29) is 19.0 Å². The average Bonchev–Trinajstić information content (AvgIpc) is 2.87. The highest BCUT2D eigenvalue weighted by Gasteiger charge is 2.39. The lowest BCUT2D eigenvalue weighted by molar-refractivity contribution is -0.140. The number of anilines is 1. The summed E-state index contributed by atoms with van der Waals surface area (Å²) in [5, 5.41) is 3.34. The van der Waals surface area contributed by atoms with Crippen molar-refractivity contribution in [2.45, 2.75) is 46.0 Å². The average molecular weight is 475 g/mol. The van der Waals surface area contributed by atoms with Gasteiger partial charge in [0.05, 0.1) is 5.57 Å². The third kappa shape index (κ3) is 5.42. The SMILES string of the molecule is CCN(CC)c1ccc([C@H]2C(C(=O)OCCOc3ccccc3)=C(C)NC3=C2C(=O)CCC3)cc1. The van der Waals surface area contributed by atoms with Crippen LogP contribution in [0.3, 0.4) is 0 Å². The molecule has 1 aliphatic carbocycles. The Labute approximate surface area is 207 Å². The molecule has 184 valence electrons. The number of hydrogen-bond acceptors (Lipinski definition) is 6. The molecule has 35 heavy (non-hydrogen) atoms. The minimum Gasteiger partial charge on any atom is -0.490 e. The van der Waals surface area contributed by atoms with E-state index in [4.69, 9.17) is 9.47 Å². The summed E-state index contributed by atoms with van der Waals surface area (Å²) >= 11 is 0. The van der Waals surface area contributed by atoms with E-state index in [1.807, 2.05) is 49.4 Å². The topological polar surface area (TPSA) is 67.9 Å². The predicted molar refractivity (Wildman–Crippen MR) is 137 cm³/mol. The second-order valence-corrected chi connectivity index (χ2v) is 8.83. The summed E-state index contributed by atoms with van der Waals surface area (Å²) in [5.74, 6) is -0.0319. The number of hydrogen-bond donors (Lipinski definition) is 1. The van der Waals surface area contributed by atoms with Gasteiger partial charge in [-0.05, 0) is 63.4 Å². The van der Waals surface area contributed by atoms with Crippen molar-refractivity contribution in [2.24, 2.45) is 0 Å². The molecule has 0 saturated carbocycles. The van der Waals surface area contributed by atoms with Gasteiger partial charge in [0.25, 0.3) is 0 Å². The zero-order valence-electron chi connectivity index (χ0n) is 20.8. The van der Waals surface area contributed by atoms with E-state index in [2.05, 4.69) is 36.2 Å². The zero-order chi connectivity index (χ0) is 24.8. The summed E-state index contributed by atoms with van der Waals surface area (Å²) < 4.78 is 11.3. The van der Waals surface area contributed by atoms with Gasteiger partial charge in [-0.3, -0.25) is 4.79 Å². The fraction of sp³-hybridized carbons (Fsp3) is 0.379. The second-order valence-electron chi connectivity index (χ2n) is 8.83. The van der Waals surface area contributed by atoms with Crippen LogP contribution in [0.2, 0.25) is 0 Å². The largest absolute Gasteiger partial charge is 0.490 e. The maximum atomic E-state index is 13.3. The molecular weight excluding hydrogens is 440 g/mol. The van der Waals surface area contributed by atoms with Gasteiger partial charge in [0.2, 0.25) is 0 Å². The lowest BCUT2D eigenvalue weighted by Crippen LogP contribution is -2.34. The summed E-state index contributed by atoms with van der Waals surface area (Å²) in [7, 11) is 0. The number of nitrogens with one attached hydrogen (secondary N) is 1. The molecule has 4 rings (SSSR count). The molecule has 2 aromatic rings. The molecule has 2 aromatic carbocycles. The highest BCUT2D eigenvalue weighted by Crippen LogP contribution is 2.42. The number of carbonyl (C=O) groups excluding carboxylic acids is 2. The van der Waals surface area contributed by atoms with Crippen LogP contribution >= 0.6 is 0 Å². The highest BCUT2D eigenvalue weighted by atomic mass is 16.6. The van der Waals surface area contributed by atoms with Gasteiger partial charge in [-0.1, -0.05) is 30.3 Å². The van der Waals surface area contributed by atoms with Crippen molar-refractivity contribution < 1.29 is 19.1 Å². The van der Waals surface area contributed by atoms with Gasteiger partial charge in [-0.25, -0.2) is 4.79 Å². The third-order valence-electron chi connectivity index (χ3n) is 6.68. The van der Waals surface area contributed by atoms with Crippen LogP contribution in [0.1, 0.15) is 51.5 Å². The highest BCUT2D eigenvalue weighted by molar-refractivity contribution is 6.03. The molecule has 1 N–H and O–H groups in total. The van der Waals surface area contributed by atoms with Crippen molar-refractivity contribution >= 4 is 17.4 Å². The number of rotatable bonds is 9. The molecule has 0 saturated heterocycles. The third-order valence-corrected chi connectivity index (χ3v) is 6.68. The Morgan fingerprint density at radius 1 is 1.00 bits per heavy atom. The van der Waals surface area contributed by atoms with Crippen LogP contribution < -0.4 is 15.0 Å². The molecule has 2 aliphatic rings. The smallest absolute Gasteiger partial charge is 0.336 e. The van der Waals surface area contributed by atoms with Crippen molar-refractivity contribution in [1.29, 1.82) is 0 Å². The number of carbonyl (C=O) groups is 2. The van der Waals surface area contributed by atoms with E-state index in [0.717, 1.165) is 54.3 Å². The van der Waals surface area contributed by atoms with Gasteiger partial charge >= 0.3 is 5.97 Å². The van der Waals surface area contributed by atoms with Gasteiger partial charge in [0, 0.05) is 48.1 Å². The molecule has 0 aromatic heterocycles. The first-order valence-electron chi connectivity index (χ1n) is 12.5. The normalized spacial score (nSPS) is 17.6. The minimum absolute atomic E-state index is 0.0989. The Bertz CT molecular complexity index is 1120. The molecule has 1 aliphatic heterocycles. The Morgan fingerprint density at radius 2 is 1.71 bits per heavy atom. The van der Waals surface area contributed by atoms with Gasteiger partial charge in [0.15, 0.2) is 5.78 Å². The number of ketones is 1. The monoisotopic (exact) mass is 474 g/mol. The first-order chi connectivity index (χ1) is 17.0. The molecule has 0 spiro atoms. The molecule has 1 heterocycles. The van der Waals surface area contributed by atoms with Crippen molar-refractivity contribution in [3.63, 3.8) is 0 Å². The Hall–Kier alpha value is -3.54.